The molecule has 1 saturated heterocycles. The molecule has 1 aromatic rings. The molecule has 0 aliphatic carbocycles. The van der Waals surface area contributed by atoms with Gasteiger partial charge in [0.25, 0.3) is 0 Å². The fourth-order valence-electron chi connectivity index (χ4n) is 3.72. The Kier molecular flexibility index (Phi) is 6.51. The summed E-state index contributed by atoms with van der Waals surface area (Å²) in [6, 6.07) is 2.16. The third kappa shape index (κ3) is 4.75. The van der Waals surface area contributed by atoms with Gasteiger partial charge in [-0.1, -0.05) is 0 Å². The number of hydrogen-bond donors (Lipinski definition) is 4. The number of nitrogens with one attached hydrogen (secondary N) is 4. The van der Waals surface area contributed by atoms with E-state index in [0.717, 1.165) is 31.1 Å². The molecule has 0 radical (unpaired) electrons. The zero-order valence-electron chi connectivity index (χ0n) is 15.7. The molecule has 26 heavy (non-hydrogen) atoms. The lowest BCUT2D eigenvalue weighted by Crippen LogP contribution is -2.52. The van der Waals surface area contributed by atoms with Crippen molar-refractivity contribution >= 4 is 17.2 Å². The average molecular weight is 375 g/mol. The molecular weight excluding hydrogens is 344 g/mol. The fraction of sp³-hybridized carbons (Fsp3) is 0.550. The van der Waals surface area contributed by atoms with Crippen LogP contribution >= 0.6 is 11.3 Å². The van der Waals surface area contributed by atoms with E-state index in [1.54, 1.807) is 18.3 Å². The van der Waals surface area contributed by atoms with E-state index in [1.165, 1.54) is 29.7 Å². The van der Waals surface area contributed by atoms with Gasteiger partial charge in [0.05, 0.1) is 4.88 Å². The van der Waals surface area contributed by atoms with Crippen LogP contribution in [0.1, 0.15) is 36.6 Å². The Hall–Kier alpha value is -1.63. The van der Waals surface area contributed by atoms with Gasteiger partial charge >= 0.3 is 0 Å². The Morgan fingerprint density at radius 3 is 2.88 bits per heavy atom. The number of amides is 1. The minimum Gasteiger partial charge on any atom is -0.366 e. The Morgan fingerprint density at radius 2 is 2.19 bits per heavy atom. The molecule has 1 amide bonds. The first kappa shape index (κ1) is 19.1. The van der Waals surface area contributed by atoms with Crippen LogP contribution in [0.3, 0.4) is 0 Å². The predicted octanol–water partition coefficient (Wildman–Crippen LogP) is 2.37. The first-order chi connectivity index (χ1) is 12.6. The van der Waals surface area contributed by atoms with Crippen LogP contribution in [-0.4, -0.2) is 32.1 Å². The van der Waals surface area contributed by atoms with E-state index < -0.39 is 5.66 Å². The summed E-state index contributed by atoms with van der Waals surface area (Å²) in [5, 5.41) is 15.8. The van der Waals surface area contributed by atoms with Gasteiger partial charge in [0.2, 0.25) is 5.91 Å². The van der Waals surface area contributed by atoms with E-state index in [9.17, 15) is 4.79 Å². The van der Waals surface area contributed by atoms with Crippen LogP contribution in [0.15, 0.2) is 35.4 Å². The summed E-state index contributed by atoms with van der Waals surface area (Å²) in [6.07, 6.45) is 9.98. The normalized spacial score (nSPS) is 23.4. The molecule has 6 heteroatoms. The summed E-state index contributed by atoms with van der Waals surface area (Å²) >= 11 is 1.77. The van der Waals surface area contributed by atoms with Gasteiger partial charge in [0.1, 0.15) is 5.66 Å². The number of carbonyl (C=O) groups excluding carboxylic acids is 1. The van der Waals surface area contributed by atoms with Crippen molar-refractivity contribution in [3.63, 3.8) is 0 Å². The third-order valence-corrected chi connectivity index (χ3v) is 6.34. The molecule has 2 aliphatic rings. The predicted molar refractivity (Wildman–Crippen MR) is 108 cm³/mol. The minimum atomic E-state index is -0.395. The lowest BCUT2D eigenvalue weighted by atomic mass is 9.93. The number of dihydropyridines is 1. The highest BCUT2D eigenvalue weighted by atomic mass is 32.1. The second kappa shape index (κ2) is 8.84. The van der Waals surface area contributed by atoms with E-state index >= 15 is 0 Å². The van der Waals surface area contributed by atoms with Crippen molar-refractivity contribution in [3.8, 4) is 0 Å². The molecular formula is C20H30N4OS. The van der Waals surface area contributed by atoms with Crippen molar-refractivity contribution in [1.82, 2.24) is 21.3 Å². The molecule has 0 spiro atoms. The van der Waals surface area contributed by atoms with Crippen LogP contribution in [0, 0.1) is 12.8 Å². The van der Waals surface area contributed by atoms with Gasteiger partial charge in [0, 0.05) is 13.5 Å². The van der Waals surface area contributed by atoms with Gasteiger partial charge in [-0.25, -0.2) is 0 Å². The Balaban J connectivity index is 1.73. The summed E-state index contributed by atoms with van der Waals surface area (Å²) in [7, 11) is 0. The van der Waals surface area contributed by atoms with Crippen molar-refractivity contribution in [3.05, 3.63) is 45.8 Å². The van der Waals surface area contributed by atoms with Crippen LogP contribution in [0.5, 0.6) is 0 Å². The Labute approximate surface area is 160 Å². The maximum absolute atomic E-state index is 11.3. The summed E-state index contributed by atoms with van der Waals surface area (Å²) in [4.78, 5) is 12.6. The van der Waals surface area contributed by atoms with Crippen molar-refractivity contribution in [1.29, 1.82) is 0 Å². The number of aryl methyl sites for hydroxylation is 1. The van der Waals surface area contributed by atoms with Gasteiger partial charge in [-0.15, -0.1) is 11.3 Å². The lowest BCUT2D eigenvalue weighted by molar-refractivity contribution is -0.118. The summed E-state index contributed by atoms with van der Waals surface area (Å²) < 4.78 is 0. The molecule has 0 bridgehead atoms. The van der Waals surface area contributed by atoms with Crippen molar-refractivity contribution in [2.75, 3.05) is 26.2 Å². The summed E-state index contributed by atoms with van der Waals surface area (Å²) in [5.41, 5.74) is 2.00. The number of piperidine rings is 1. The molecule has 1 aromatic heterocycles. The number of carbonyl (C=O) groups is 1. The van der Waals surface area contributed by atoms with Gasteiger partial charge in [-0.2, -0.15) is 0 Å². The van der Waals surface area contributed by atoms with Crippen LogP contribution in [0.25, 0.3) is 0 Å². The number of thiophene rings is 1. The first-order valence-corrected chi connectivity index (χ1v) is 10.4. The third-order valence-electron chi connectivity index (χ3n) is 5.19. The summed E-state index contributed by atoms with van der Waals surface area (Å²) in [5.74, 6) is 0.793. The number of hydrogen-bond acceptors (Lipinski definition) is 5. The van der Waals surface area contributed by atoms with E-state index in [4.69, 9.17) is 0 Å². The van der Waals surface area contributed by atoms with Crippen LogP contribution in [0.4, 0.5) is 0 Å². The zero-order valence-corrected chi connectivity index (χ0v) is 16.5. The van der Waals surface area contributed by atoms with Crippen LogP contribution < -0.4 is 21.3 Å². The maximum Gasteiger partial charge on any atom is 0.217 e. The highest BCUT2D eigenvalue weighted by molar-refractivity contribution is 7.10. The molecule has 5 nitrogen and oxygen atoms in total. The topological polar surface area (TPSA) is 65.2 Å². The molecule has 3 heterocycles. The largest absolute Gasteiger partial charge is 0.366 e. The second-order valence-corrected chi connectivity index (χ2v) is 8.17. The monoisotopic (exact) mass is 374 g/mol. The standard InChI is InChI=1S/C20H30N4OS/c1-15-7-12-26-19(15)20(23-10-5-17-3-8-21-9-4-17)13-18(6-11-24-20)14-22-16(2)25/h6-7,11-13,17,21,23-24H,3-5,8-10,14H2,1-2H3,(H,22,25). The van der Waals surface area contributed by atoms with Crippen LogP contribution in [-0.2, 0) is 10.5 Å². The van der Waals surface area contributed by atoms with Gasteiger partial charge in [0.15, 0.2) is 0 Å². The molecule has 1 unspecified atom stereocenters. The Morgan fingerprint density at radius 1 is 1.38 bits per heavy atom. The smallest absolute Gasteiger partial charge is 0.217 e. The van der Waals surface area contributed by atoms with Crippen LogP contribution in [0.2, 0.25) is 0 Å². The maximum atomic E-state index is 11.3. The van der Waals surface area contributed by atoms with E-state index in [-0.39, 0.29) is 5.91 Å². The highest BCUT2D eigenvalue weighted by Gasteiger charge is 2.33. The van der Waals surface area contributed by atoms with Crippen molar-refractivity contribution in [2.45, 2.75) is 38.8 Å². The van der Waals surface area contributed by atoms with E-state index in [1.807, 2.05) is 12.3 Å². The summed E-state index contributed by atoms with van der Waals surface area (Å²) in [6.45, 7) is 7.51. The first-order valence-electron chi connectivity index (χ1n) is 9.50. The van der Waals surface area contributed by atoms with Gasteiger partial charge in [-0.3, -0.25) is 10.1 Å². The van der Waals surface area contributed by atoms with E-state index in [0.29, 0.717) is 6.54 Å². The van der Waals surface area contributed by atoms with Crippen molar-refractivity contribution in [2.24, 2.45) is 5.92 Å². The Bertz CT molecular complexity index is 675. The molecule has 2 aliphatic heterocycles. The molecule has 142 valence electrons. The van der Waals surface area contributed by atoms with Gasteiger partial charge in [-0.05, 0) is 92.7 Å². The molecule has 0 aromatic carbocycles. The lowest BCUT2D eigenvalue weighted by Gasteiger charge is -2.36. The molecule has 3 rings (SSSR count). The quantitative estimate of drug-likeness (QED) is 0.592. The molecule has 1 fully saturated rings. The number of rotatable bonds is 7. The molecule has 4 N–H and O–H groups in total. The van der Waals surface area contributed by atoms with E-state index in [2.05, 4.69) is 45.7 Å². The highest BCUT2D eigenvalue weighted by Crippen LogP contribution is 2.32. The zero-order chi connectivity index (χ0) is 18.4. The minimum absolute atomic E-state index is 0.00500. The average Bonchev–Trinajstić information content (AvgIpc) is 3.08. The molecule has 1 atom stereocenters. The van der Waals surface area contributed by atoms with Crippen molar-refractivity contribution < 1.29 is 4.79 Å². The SMILES string of the molecule is CC(=O)NCC1=CC(NCCC2CCNCC2)(c2sccc2C)NC=C1. The fourth-order valence-corrected chi connectivity index (χ4v) is 4.76. The molecule has 0 saturated carbocycles. The van der Waals surface area contributed by atoms with Gasteiger partial charge < -0.3 is 16.0 Å². The second-order valence-electron chi connectivity index (χ2n) is 7.26.